The number of hydrogen-bond donors (Lipinski definition) is 2. The van der Waals surface area contributed by atoms with Crippen molar-refractivity contribution in [3.8, 4) is 0 Å². The molecule has 5 nitrogen and oxygen atoms in total. The van der Waals surface area contributed by atoms with E-state index in [0.717, 1.165) is 57.7 Å². The second kappa shape index (κ2) is 56.4. The lowest BCUT2D eigenvalue weighted by molar-refractivity contribution is -0.150. The van der Waals surface area contributed by atoms with Crippen LogP contribution in [0.4, 0.5) is 0 Å². The zero-order valence-corrected chi connectivity index (χ0v) is 40.9. The van der Waals surface area contributed by atoms with Crippen molar-refractivity contribution in [2.75, 3.05) is 6.61 Å². The Morgan fingerprint density at radius 3 is 1.21 bits per heavy atom. The fourth-order valence-corrected chi connectivity index (χ4v) is 7.25. The molecule has 0 amide bonds. The molecule has 1 radical (unpaired) electrons. The third-order valence-corrected chi connectivity index (χ3v) is 11.4. The first-order chi connectivity index (χ1) is 28.4. The Morgan fingerprint density at radius 1 is 0.431 bits per heavy atom. The SMILES string of the molecule is CCCCCCCCC(=O)OC(CCCCCCCC)CCCCCCCC.CCCCCCCCC(CCCC)O[B]CCCCCCC(O)CC.CCCCO. The second-order valence-corrected chi connectivity index (χ2v) is 17.5. The highest BCUT2D eigenvalue weighted by Crippen LogP contribution is 2.19. The van der Waals surface area contributed by atoms with Crippen LogP contribution in [0.15, 0.2) is 0 Å². The molecule has 0 aliphatic rings. The Bertz CT molecular complexity index is 704. The number of esters is 1. The molecule has 2 unspecified atom stereocenters. The van der Waals surface area contributed by atoms with Crippen molar-refractivity contribution in [1.82, 2.24) is 0 Å². The molecule has 58 heavy (non-hydrogen) atoms. The first-order valence-electron chi connectivity index (χ1n) is 26.4. The van der Waals surface area contributed by atoms with Crippen LogP contribution in [0.5, 0.6) is 0 Å². The van der Waals surface area contributed by atoms with Gasteiger partial charge >= 0.3 is 5.97 Å². The Kier molecular flexibility index (Phi) is 60.0. The number of rotatable bonds is 44. The fourth-order valence-electron chi connectivity index (χ4n) is 7.25. The third-order valence-electron chi connectivity index (χ3n) is 11.4. The molecule has 2 N–H and O–H groups in total. The first-order valence-corrected chi connectivity index (χ1v) is 26.4. The van der Waals surface area contributed by atoms with Crippen molar-refractivity contribution < 1.29 is 24.4 Å². The summed E-state index contributed by atoms with van der Waals surface area (Å²) in [5, 5.41) is 17.6. The van der Waals surface area contributed by atoms with E-state index in [1.54, 1.807) is 0 Å². The van der Waals surface area contributed by atoms with Gasteiger partial charge in [0, 0.05) is 19.1 Å². The van der Waals surface area contributed by atoms with E-state index < -0.39 is 0 Å². The molecule has 0 rings (SSSR count). The van der Waals surface area contributed by atoms with Gasteiger partial charge in [-0.15, -0.1) is 0 Å². The topological polar surface area (TPSA) is 76.0 Å². The van der Waals surface area contributed by atoms with Crippen molar-refractivity contribution in [1.29, 1.82) is 0 Å². The lowest BCUT2D eigenvalue weighted by Gasteiger charge is -2.18. The molecule has 349 valence electrons. The maximum absolute atomic E-state index is 12.3. The Labute approximate surface area is 366 Å². The molecule has 0 aliphatic carbocycles. The Morgan fingerprint density at radius 2 is 0.793 bits per heavy atom. The fraction of sp³-hybridized carbons (Fsp3) is 0.981. The number of aliphatic hydroxyl groups excluding tert-OH is 2. The summed E-state index contributed by atoms with van der Waals surface area (Å²) in [5.41, 5.74) is 0. The van der Waals surface area contributed by atoms with Gasteiger partial charge in [-0.25, -0.2) is 0 Å². The van der Waals surface area contributed by atoms with Crippen LogP contribution in [0.2, 0.25) is 6.32 Å². The Hall–Kier alpha value is -0.585. The van der Waals surface area contributed by atoms with Crippen molar-refractivity contribution in [3.63, 3.8) is 0 Å². The number of ether oxygens (including phenoxy) is 1. The smallest absolute Gasteiger partial charge is 0.306 e. The molecule has 0 saturated heterocycles. The summed E-state index contributed by atoms with van der Waals surface area (Å²) in [6, 6.07) is 0. The largest absolute Gasteiger partial charge is 0.462 e. The summed E-state index contributed by atoms with van der Waals surface area (Å²) < 4.78 is 12.0. The number of unbranched alkanes of at least 4 members (excludes halogenated alkanes) is 25. The van der Waals surface area contributed by atoms with E-state index in [-0.39, 0.29) is 18.2 Å². The van der Waals surface area contributed by atoms with Gasteiger partial charge in [-0.05, 0) is 64.2 Å². The second-order valence-electron chi connectivity index (χ2n) is 17.5. The molecule has 0 aliphatic heterocycles. The van der Waals surface area contributed by atoms with E-state index in [4.69, 9.17) is 14.5 Å². The zero-order valence-electron chi connectivity index (χ0n) is 40.9. The highest BCUT2D eigenvalue weighted by Gasteiger charge is 2.14. The summed E-state index contributed by atoms with van der Waals surface area (Å²) >= 11 is 0. The standard InChI is InChI=1S/C26H52O2.C22H46BO2.C4H10O/c1-4-7-10-13-16-19-22-25(23-20-17-14-11-8-5-2)28-26(27)24-21-18-15-12-9-6-3;1-4-7-9-10-11-15-19-22(18-8-5-2)25-23-20-16-13-12-14-17-21(24)6-3;1-2-3-4-5/h25H,4-24H2,1-3H3;21-22,24H,4-20H2,1-3H3;5H,2-4H2,1H3. The molecule has 2 atom stereocenters. The predicted molar refractivity (Wildman–Crippen MR) is 258 cm³/mol. The predicted octanol–water partition coefficient (Wildman–Crippen LogP) is 17.0. The molecular weight excluding hydrogens is 715 g/mol. The van der Waals surface area contributed by atoms with Crippen LogP contribution in [0.3, 0.4) is 0 Å². The minimum absolute atomic E-state index is 0.0532. The summed E-state index contributed by atoms with van der Waals surface area (Å²) in [6.07, 6.45) is 49.4. The van der Waals surface area contributed by atoms with E-state index >= 15 is 0 Å². The van der Waals surface area contributed by atoms with Crippen molar-refractivity contribution >= 4 is 13.5 Å². The van der Waals surface area contributed by atoms with Crippen molar-refractivity contribution in [2.24, 2.45) is 0 Å². The van der Waals surface area contributed by atoms with Gasteiger partial charge in [0.05, 0.1) is 6.10 Å². The van der Waals surface area contributed by atoms with Gasteiger partial charge in [0.1, 0.15) is 6.10 Å². The molecule has 0 aromatic heterocycles. The van der Waals surface area contributed by atoms with E-state index in [9.17, 15) is 9.90 Å². The molecule has 0 saturated carbocycles. The van der Waals surface area contributed by atoms with Gasteiger partial charge in [0.25, 0.3) is 7.48 Å². The van der Waals surface area contributed by atoms with Gasteiger partial charge < -0.3 is 19.6 Å². The van der Waals surface area contributed by atoms with Crippen molar-refractivity contribution in [3.05, 3.63) is 0 Å². The van der Waals surface area contributed by atoms with Crippen LogP contribution in [-0.2, 0) is 14.2 Å². The van der Waals surface area contributed by atoms with Crippen molar-refractivity contribution in [2.45, 2.75) is 324 Å². The van der Waals surface area contributed by atoms with Crippen LogP contribution < -0.4 is 0 Å². The summed E-state index contributed by atoms with van der Waals surface area (Å²) in [7, 11) is 2.08. The maximum Gasteiger partial charge on any atom is 0.306 e. The van der Waals surface area contributed by atoms with E-state index in [0.29, 0.717) is 19.1 Å². The van der Waals surface area contributed by atoms with Gasteiger partial charge in [0.15, 0.2) is 0 Å². The zero-order chi connectivity index (χ0) is 43.4. The molecule has 0 spiro atoms. The normalized spacial score (nSPS) is 12.1. The molecular formula is C52H108BO5. The number of carbonyl (C=O) groups excluding carboxylic acids is 1. The average molecular weight is 824 g/mol. The van der Waals surface area contributed by atoms with Crippen LogP contribution >= 0.6 is 0 Å². The van der Waals surface area contributed by atoms with Crippen LogP contribution in [0.25, 0.3) is 0 Å². The average Bonchev–Trinajstić information content (AvgIpc) is 3.23. The molecule has 0 aromatic carbocycles. The summed E-state index contributed by atoms with van der Waals surface area (Å²) in [6.45, 7) is 15.8. The lowest BCUT2D eigenvalue weighted by atomic mass is 9.89. The van der Waals surface area contributed by atoms with Gasteiger partial charge in [-0.3, -0.25) is 4.79 Å². The third kappa shape index (κ3) is 55.4. The maximum atomic E-state index is 12.3. The minimum Gasteiger partial charge on any atom is -0.462 e. The number of carbonyl (C=O) groups is 1. The van der Waals surface area contributed by atoms with E-state index in [1.807, 2.05) is 0 Å². The highest BCUT2D eigenvalue weighted by molar-refractivity contribution is 6.27. The summed E-state index contributed by atoms with van der Waals surface area (Å²) in [4.78, 5) is 12.3. The molecule has 6 heteroatoms. The van der Waals surface area contributed by atoms with Crippen LogP contribution in [0, 0.1) is 0 Å². The van der Waals surface area contributed by atoms with Crippen LogP contribution in [-0.4, -0.2) is 48.6 Å². The van der Waals surface area contributed by atoms with Crippen LogP contribution in [0.1, 0.15) is 299 Å². The quantitative estimate of drug-likeness (QED) is 0.0364. The monoisotopic (exact) mass is 824 g/mol. The summed E-state index contributed by atoms with van der Waals surface area (Å²) in [5.74, 6) is 0.0532. The number of hydrogen-bond acceptors (Lipinski definition) is 5. The van der Waals surface area contributed by atoms with Gasteiger partial charge in [0.2, 0.25) is 0 Å². The van der Waals surface area contributed by atoms with Gasteiger partial charge in [-0.2, -0.15) is 0 Å². The molecule has 0 heterocycles. The molecule has 0 aromatic rings. The van der Waals surface area contributed by atoms with E-state index in [1.165, 1.54) is 193 Å². The minimum atomic E-state index is -0.0869. The lowest BCUT2D eigenvalue weighted by Crippen LogP contribution is -2.18. The Balaban J connectivity index is -0.000000937. The molecule has 0 fully saturated rings. The number of aliphatic hydroxyl groups is 2. The molecule has 0 bridgehead atoms. The first kappa shape index (κ1) is 61.7. The highest BCUT2D eigenvalue weighted by atomic mass is 16.5. The van der Waals surface area contributed by atoms with E-state index in [2.05, 4.69) is 55.9 Å². The van der Waals surface area contributed by atoms with Gasteiger partial charge in [-0.1, -0.05) is 235 Å².